The van der Waals surface area contributed by atoms with Gasteiger partial charge in [0.15, 0.2) is 0 Å². The van der Waals surface area contributed by atoms with Gasteiger partial charge in [0, 0.05) is 18.9 Å². The van der Waals surface area contributed by atoms with Crippen LogP contribution in [0.3, 0.4) is 0 Å². The average molecular weight is 333 g/mol. The molecule has 0 radical (unpaired) electrons. The number of amides is 1. The zero-order chi connectivity index (χ0) is 17.5. The molecule has 3 rings (SSSR count). The lowest BCUT2D eigenvalue weighted by atomic mass is 9.79. The first-order valence-electron chi connectivity index (χ1n) is 8.28. The molecule has 1 heterocycles. The van der Waals surface area contributed by atoms with Crippen LogP contribution in [0.5, 0.6) is 5.75 Å². The Morgan fingerprint density at radius 1 is 1.17 bits per heavy atom. The lowest BCUT2D eigenvalue weighted by Crippen LogP contribution is -2.48. The summed E-state index contributed by atoms with van der Waals surface area (Å²) in [5.41, 5.74) is 0.246. The zero-order valence-electron chi connectivity index (χ0n) is 14.5. The Balaban J connectivity index is 1.55. The van der Waals surface area contributed by atoms with Crippen molar-refractivity contribution in [3.05, 3.63) is 24.3 Å². The molecule has 130 valence electrons. The van der Waals surface area contributed by atoms with Gasteiger partial charge < -0.3 is 24.5 Å². The molecule has 0 aromatic heterocycles. The van der Waals surface area contributed by atoms with Gasteiger partial charge >= 0.3 is 13.2 Å². The number of hydrogen-bond donors (Lipinski definition) is 2. The minimum atomic E-state index is -0.981. The van der Waals surface area contributed by atoms with E-state index in [0.29, 0.717) is 12.8 Å². The molecule has 1 saturated carbocycles. The van der Waals surface area contributed by atoms with Crippen molar-refractivity contribution in [2.45, 2.75) is 63.9 Å². The van der Waals surface area contributed by atoms with E-state index >= 15 is 0 Å². The third kappa shape index (κ3) is 3.37. The van der Waals surface area contributed by atoms with E-state index < -0.39 is 6.09 Å². The first kappa shape index (κ1) is 17.1. The largest absolute Gasteiger partial charge is 0.494 e. The summed E-state index contributed by atoms with van der Waals surface area (Å²) < 4.78 is 17.9. The quantitative estimate of drug-likeness (QED) is 0.826. The number of carbonyl (C=O) groups is 1. The molecule has 1 amide bonds. The minimum absolute atomic E-state index is 0.00322. The van der Waals surface area contributed by atoms with Crippen molar-refractivity contribution in [2.24, 2.45) is 0 Å². The molecule has 1 aromatic rings. The van der Waals surface area contributed by atoms with Gasteiger partial charge in [-0.1, -0.05) is 12.1 Å². The number of rotatable bonds is 4. The fraction of sp³-hybridized carbons (Fsp3) is 0.588. The fourth-order valence-electron chi connectivity index (χ4n) is 2.83. The highest BCUT2D eigenvalue weighted by Gasteiger charge is 2.51. The molecule has 0 bridgehead atoms. The second-order valence-electron chi connectivity index (χ2n) is 7.51. The average Bonchev–Trinajstić information content (AvgIpc) is 2.65. The Morgan fingerprint density at radius 3 is 2.21 bits per heavy atom. The highest BCUT2D eigenvalue weighted by molar-refractivity contribution is 6.62. The van der Waals surface area contributed by atoms with Crippen molar-refractivity contribution < 1.29 is 23.9 Å². The van der Waals surface area contributed by atoms with Gasteiger partial charge in [0.25, 0.3) is 0 Å². The van der Waals surface area contributed by atoms with Gasteiger partial charge in [-0.3, -0.25) is 0 Å². The van der Waals surface area contributed by atoms with Gasteiger partial charge in [0.05, 0.1) is 11.2 Å². The molecule has 0 spiro atoms. The summed E-state index contributed by atoms with van der Waals surface area (Å²) in [6.45, 7) is 8.12. The van der Waals surface area contributed by atoms with E-state index in [0.717, 1.165) is 11.2 Å². The summed E-state index contributed by atoms with van der Waals surface area (Å²) >= 11 is 0. The number of nitrogens with one attached hydrogen (secondary N) is 1. The van der Waals surface area contributed by atoms with E-state index in [-0.39, 0.29) is 30.5 Å². The number of ether oxygens (including phenoxy) is 1. The molecule has 0 unspecified atom stereocenters. The molecule has 1 aliphatic carbocycles. The van der Waals surface area contributed by atoms with E-state index in [1.165, 1.54) is 0 Å². The molecule has 24 heavy (non-hydrogen) atoms. The second-order valence-corrected chi connectivity index (χ2v) is 7.51. The summed E-state index contributed by atoms with van der Waals surface area (Å²) in [4.78, 5) is 10.5. The predicted molar refractivity (Wildman–Crippen MR) is 90.8 cm³/mol. The summed E-state index contributed by atoms with van der Waals surface area (Å²) in [5.74, 6) is 0.772. The Bertz CT molecular complexity index is 594. The van der Waals surface area contributed by atoms with Crippen molar-refractivity contribution in [1.29, 1.82) is 0 Å². The first-order chi connectivity index (χ1) is 11.2. The van der Waals surface area contributed by atoms with Crippen molar-refractivity contribution in [2.75, 3.05) is 0 Å². The van der Waals surface area contributed by atoms with Crippen LogP contribution in [0.25, 0.3) is 0 Å². The van der Waals surface area contributed by atoms with Crippen LogP contribution in [0.4, 0.5) is 4.79 Å². The molecule has 1 aromatic carbocycles. The molecule has 0 atom stereocenters. The number of hydrogen-bond acceptors (Lipinski definition) is 4. The monoisotopic (exact) mass is 333 g/mol. The van der Waals surface area contributed by atoms with Crippen LogP contribution in [0.2, 0.25) is 0 Å². The Labute approximate surface area is 142 Å². The maximum atomic E-state index is 10.5. The zero-order valence-corrected chi connectivity index (χ0v) is 14.5. The summed E-state index contributed by atoms with van der Waals surface area (Å²) in [5, 5.41) is 11.1. The molecule has 7 heteroatoms. The normalized spacial score (nSPS) is 27.4. The lowest BCUT2D eigenvalue weighted by molar-refractivity contribution is 0.00578. The molecule has 2 aliphatic rings. The summed E-state index contributed by atoms with van der Waals surface area (Å²) in [7, 11) is -0.378. The molecule has 6 nitrogen and oxygen atoms in total. The molecule has 1 saturated heterocycles. The Morgan fingerprint density at radius 2 is 1.71 bits per heavy atom. The van der Waals surface area contributed by atoms with Crippen molar-refractivity contribution >= 4 is 18.7 Å². The van der Waals surface area contributed by atoms with Crippen LogP contribution in [-0.4, -0.2) is 41.7 Å². The molecule has 2 N–H and O–H groups in total. The number of benzene rings is 1. The molecular formula is C17H24BNO5. The third-order valence-corrected chi connectivity index (χ3v) is 5.13. The van der Waals surface area contributed by atoms with Gasteiger partial charge in [0.1, 0.15) is 11.9 Å². The summed E-state index contributed by atoms with van der Waals surface area (Å²) in [6, 6.07) is 7.69. The van der Waals surface area contributed by atoms with Crippen LogP contribution in [0.1, 0.15) is 40.5 Å². The third-order valence-electron chi connectivity index (χ3n) is 5.13. The first-order valence-corrected chi connectivity index (χ1v) is 8.28. The predicted octanol–water partition coefficient (Wildman–Crippen LogP) is 2.16. The molecule has 2 fully saturated rings. The van der Waals surface area contributed by atoms with E-state index in [2.05, 4.69) is 5.32 Å². The molecular weight excluding hydrogens is 309 g/mol. The van der Waals surface area contributed by atoms with Crippen LogP contribution < -0.4 is 15.5 Å². The highest BCUT2D eigenvalue weighted by Crippen LogP contribution is 2.36. The van der Waals surface area contributed by atoms with Gasteiger partial charge in [-0.15, -0.1) is 0 Å². The standard InChI is InChI=1S/C17H24BNO5/c1-16(2)17(3,4)24-18(23-16)11-5-7-13(8-6-11)22-14-9-12(10-14)19-15(20)21/h5-8,12,14,19H,9-10H2,1-4H3,(H,20,21)/t12-,14+. The van der Waals surface area contributed by atoms with Gasteiger partial charge in [-0.2, -0.15) is 0 Å². The highest BCUT2D eigenvalue weighted by atomic mass is 16.7. The Hall–Kier alpha value is -1.73. The smallest absolute Gasteiger partial charge is 0.490 e. The van der Waals surface area contributed by atoms with E-state index in [1.54, 1.807) is 0 Å². The van der Waals surface area contributed by atoms with Gasteiger partial charge in [0.2, 0.25) is 0 Å². The summed E-state index contributed by atoms with van der Waals surface area (Å²) in [6.07, 6.45) is 0.478. The number of carboxylic acid groups (broad SMARTS) is 1. The molecule has 1 aliphatic heterocycles. The van der Waals surface area contributed by atoms with E-state index in [4.69, 9.17) is 19.2 Å². The van der Waals surface area contributed by atoms with Crippen molar-refractivity contribution in [3.63, 3.8) is 0 Å². The van der Waals surface area contributed by atoms with E-state index in [9.17, 15) is 4.79 Å². The fourth-order valence-corrected chi connectivity index (χ4v) is 2.83. The van der Waals surface area contributed by atoms with Crippen LogP contribution >= 0.6 is 0 Å². The topological polar surface area (TPSA) is 77.0 Å². The van der Waals surface area contributed by atoms with Crippen molar-refractivity contribution in [3.8, 4) is 5.75 Å². The minimum Gasteiger partial charge on any atom is -0.490 e. The lowest BCUT2D eigenvalue weighted by Gasteiger charge is -2.35. The second kappa shape index (κ2) is 5.97. The van der Waals surface area contributed by atoms with Crippen LogP contribution in [0.15, 0.2) is 24.3 Å². The van der Waals surface area contributed by atoms with Crippen LogP contribution in [0, 0.1) is 0 Å². The van der Waals surface area contributed by atoms with E-state index in [1.807, 2.05) is 52.0 Å². The SMILES string of the molecule is CC1(C)OB(c2ccc(O[C@H]3C[C@@H](NC(=O)O)C3)cc2)OC1(C)C. The Kier molecular flexibility index (Phi) is 4.26. The van der Waals surface area contributed by atoms with Gasteiger partial charge in [-0.25, -0.2) is 4.79 Å². The van der Waals surface area contributed by atoms with Gasteiger partial charge in [-0.05, 0) is 45.3 Å². The maximum Gasteiger partial charge on any atom is 0.494 e. The maximum absolute atomic E-state index is 10.5. The van der Waals surface area contributed by atoms with Crippen molar-refractivity contribution in [1.82, 2.24) is 5.32 Å². The van der Waals surface area contributed by atoms with Crippen LogP contribution in [-0.2, 0) is 9.31 Å².